The fraction of sp³-hybridized carbons (Fsp3) is 0.0196. The molecule has 0 saturated heterocycles. The summed E-state index contributed by atoms with van der Waals surface area (Å²) in [5.41, 5.74) is 12.8. The first-order valence-corrected chi connectivity index (χ1v) is 18.6. The first-order chi connectivity index (χ1) is 27.6. The standard InChI is InChI=1S/C51H33N5/c1-34-21-25-45-43-17-9-11-19-48(43)55(50(45)29-34)38-22-26-41(35(30-38)33-52)42-27-23-39(31-47(42)53-2)56-49-20-12-10-18-44(49)46-28-24-40(32-51(46)56)54(36-13-5-3-6-14-36)37-15-7-4-8-16-37/h3-32H,1H3. The van der Waals surface area contributed by atoms with Crippen LogP contribution in [0.4, 0.5) is 22.7 Å². The van der Waals surface area contributed by atoms with Crippen molar-refractivity contribution >= 4 is 66.4 Å². The zero-order chi connectivity index (χ0) is 37.8. The highest BCUT2D eigenvalue weighted by Gasteiger charge is 2.20. The van der Waals surface area contributed by atoms with Crippen LogP contribution in [-0.4, -0.2) is 9.13 Å². The highest BCUT2D eigenvalue weighted by molar-refractivity contribution is 6.11. The second-order valence-corrected chi connectivity index (χ2v) is 14.1. The third-order valence-electron chi connectivity index (χ3n) is 10.8. The van der Waals surface area contributed by atoms with Crippen LogP contribution in [0.15, 0.2) is 182 Å². The molecule has 0 aliphatic heterocycles. The van der Waals surface area contributed by atoms with Crippen molar-refractivity contribution in [3.8, 4) is 28.6 Å². The molecule has 0 fully saturated rings. The Morgan fingerprint density at radius 2 is 1.00 bits per heavy atom. The van der Waals surface area contributed by atoms with Crippen molar-refractivity contribution in [3.05, 3.63) is 205 Å². The van der Waals surface area contributed by atoms with Crippen molar-refractivity contribution < 1.29 is 0 Å². The first-order valence-electron chi connectivity index (χ1n) is 18.6. The molecule has 10 rings (SSSR count). The van der Waals surface area contributed by atoms with Gasteiger partial charge in [-0.2, -0.15) is 5.26 Å². The monoisotopic (exact) mass is 715 g/mol. The quantitative estimate of drug-likeness (QED) is 0.161. The van der Waals surface area contributed by atoms with Gasteiger partial charge in [-0.15, -0.1) is 0 Å². The number of hydrogen-bond acceptors (Lipinski definition) is 2. The van der Waals surface area contributed by atoms with Crippen molar-refractivity contribution in [1.82, 2.24) is 9.13 Å². The molecule has 2 aromatic heterocycles. The summed E-state index contributed by atoms with van der Waals surface area (Å²) in [6.45, 7) is 10.5. The third kappa shape index (κ3) is 5.22. The van der Waals surface area contributed by atoms with Gasteiger partial charge < -0.3 is 14.0 Å². The van der Waals surface area contributed by atoms with Crippen LogP contribution in [0.3, 0.4) is 0 Å². The number of para-hydroxylation sites is 4. The number of aromatic nitrogens is 2. The molecular formula is C51H33N5. The summed E-state index contributed by atoms with van der Waals surface area (Å²) in [6, 6.07) is 65.2. The molecule has 0 N–H and O–H groups in total. The number of aryl methyl sites for hydroxylation is 1. The van der Waals surface area contributed by atoms with E-state index < -0.39 is 0 Å². The van der Waals surface area contributed by atoms with Crippen molar-refractivity contribution in [2.45, 2.75) is 6.92 Å². The minimum atomic E-state index is 0.483. The van der Waals surface area contributed by atoms with Crippen LogP contribution in [0.2, 0.25) is 0 Å². The predicted molar refractivity (Wildman–Crippen MR) is 231 cm³/mol. The second kappa shape index (κ2) is 13.2. The molecule has 0 amide bonds. The van der Waals surface area contributed by atoms with E-state index in [2.05, 4.69) is 171 Å². The second-order valence-electron chi connectivity index (χ2n) is 14.1. The molecule has 5 nitrogen and oxygen atoms in total. The van der Waals surface area contributed by atoms with E-state index in [9.17, 15) is 5.26 Å². The third-order valence-corrected chi connectivity index (χ3v) is 10.8. The van der Waals surface area contributed by atoms with Gasteiger partial charge in [-0.1, -0.05) is 103 Å². The number of nitriles is 1. The molecule has 262 valence electrons. The Bertz CT molecular complexity index is 3190. The number of fused-ring (bicyclic) bond motifs is 6. The Balaban J connectivity index is 1.12. The first kappa shape index (κ1) is 32.8. The zero-order valence-corrected chi connectivity index (χ0v) is 30.6. The van der Waals surface area contributed by atoms with Gasteiger partial charge in [0.2, 0.25) is 0 Å². The van der Waals surface area contributed by atoms with E-state index in [-0.39, 0.29) is 0 Å². The lowest BCUT2D eigenvalue weighted by atomic mass is 9.97. The van der Waals surface area contributed by atoms with Crippen LogP contribution in [0.25, 0.3) is 71.0 Å². The average Bonchev–Trinajstić information content (AvgIpc) is 3.76. The molecule has 2 heterocycles. The lowest BCUT2D eigenvalue weighted by Crippen LogP contribution is -2.09. The maximum absolute atomic E-state index is 10.6. The van der Waals surface area contributed by atoms with Gasteiger partial charge in [0.25, 0.3) is 0 Å². The smallest absolute Gasteiger partial charge is 0.197 e. The maximum atomic E-state index is 10.6. The molecule has 0 bridgehead atoms. The van der Waals surface area contributed by atoms with Crippen molar-refractivity contribution in [2.75, 3.05) is 4.90 Å². The van der Waals surface area contributed by atoms with Crippen LogP contribution in [0.1, 0.15) is 11.1 Å². The van der Waals surface area contributed by atoms with Crippen LogP contribution in [-0.2, 0) is 0 Å². The fourth-order valence-corrected chi connectivity index (χ4v) is 8.31. The molecule has 0 saturated carbocycles. The van der Waals surface area contributed by atoms with Crippen molar-refractivity contribution in [2.24, 2.45) is 0 Å². The van der Waals surface area contributed by atoms with Crippen LogP contribution >= 0.6 is 0 Å². The minimum absolute atomic E-state index is 0.483. The van der Waals surface area contributed by atoms with Gasteiger partial charge in [0.05, 0.1) is 40.3 Å². The van der Waals surface area contributed by atoms with E-state index in [0.29, 0.717) is 11.3 Å². The SMILES string of the molecule is [C-]#[N+]c1cc(-n2c3ccccc3c3ccc(N(c4ccccc4)c4ccccc4)cc32)ccc1-c1ccc(-n2c3ccccc3c3ccc(C)cc32)cc1C#N. The average molecular weight is 716 g/mol. The van der Waals surface area contributed by atoms with Gasteiger partial charge in [0.15, 0.2) is 5.69 Å². The summed E-state index contributed by atoms with van der Waals surface area (Å²) >= 11 is 0. The summed E-state index contributed by atoms with van der Waals surface area (Å²) in [4.78, 5) is 6.32. The van der Waals surface area contributed by atoms with Crippen LogP contribution < -0.4 is 4.90 Å². The van der Waals surface area contributed by atoms with Gasteiger partial charge in [-0.25, -0.2) is 4.85 Å². The Morgan fingerprint density at radius 3 is 1.61 bits per heavy atom. The highest BCUT2D eigenvalue weighted by Crippen LogP contribution is 2.42. The van der Waals surface area contributed by atoms with E-state index in [1.807, 2.05) is 42.5 Å². The zero-order valence-electron chi connectivity index (χ0n) is 30.6. The summed E-state index contributed by atoms with van der Waals surface area (Å²) in [5.74, 6) is 0. The van der Waals surface area contributed by atoms with Gasteiger partial charge in [0, 0.05) is 50.0 Å². The molecule has 56 heavy (non-hydrogen) atoms. The Morgan fingerprint density at radius 1 is 0.482 bits per heavy atom. The van der Waals surface area contributed by atoms with E-state index >= 15 is 0 Å². The number of anilines is 3. The molecule has 0 aliphatic rings. The van der Waals surface area contributed by atoms with E-state index in [1.165, 1.54) is 16.3 Å². The summed E-state index contributed by atoms with van der Waals surface area (Å²) in [7, 11) is 0. The Kier molecular flexibility index (Phi) is 7.73. The fourth-order valence-electron chi connectivity index (χ4n) is 8.31. The largest absolute Gasteiger partial charge is 0.310 e. The molecule has 8 aromatic carbocycles. The van der Waals surface area contributed by atoms with E-state index in [1.54, 1.807) is 0 Å². The molecule has 0 atom stereocenters. The predicted octanol–water partition coefficient (Wildman–Crippen LogP) is 13.7. The van der Waals surface area contributed by atoms with Crippen LogP contribution in [0, 0.1) is 24.8 Å². The van der Waals surface area contributed by atoms with Gasteiger partial charge in [-0.05, 0) is 102 Å². The van der Waals surface area contributed by atoms with Gasteiger partial charge in [-0.3, -0.25) is 0 Å². The topological polar surface area (TPSA) is 41.2 Å². The highest BCUT2D eigenvalue weighted by atomic mass is 15.1. The minimum Gasteiger partial charge on any atom is -0.310 e. The molecule has 0 radical (unpaired) electrons. The number of nitrogens with zero attached hydrogens (tertiary/aromatic N) is 5. The van der Waals surface area contributed by atoms with Crippen molar-refractivity contribution in [3.63, 3.8) is 0 Å². The normalized spacial score (nSPS) is 11.3. The summed E-state index contributed by atoms with van der Waals surface area (Å²) < 4.78 is 4.48. The lowest BCUT2D eigenvalue weighted by Gasteiger charge is -2.25. The lowest BCUT2D eigenvalue weighted by molar-refractivity contribution is 1.17. The Labute approximate surface area is 324 Å². The van der Waals surface area contributed by atoms with E-state index in [4.69, 9.17) is 6.57 Å². The van der Waals surface area contributed by atoms with E-state index in [0.717, 1.165) is 72.4 Å². The summed E-state index contributed by atoms with van der Waals surface area (Å²) in [6.07, 6.45) is 0. The maximum Gasteiger partial charge on any atom is 0.197 e. The number of benzene rings is 8. The van der Waals surface area contributed by atoms with Gasteiger partial charge in [0.1, 0.15) is 0 Å². The molecule has 0 aliphatic carbocycles. The number of hydrogen-bond donors (Lipinski definition) is 0. The van der Waals surface area contributed by atoms with Crippen molar-refractivity contribution in [1.29, 1.82) is 5.26 Å². The Hall–Kier alpha value is -7.86. The molecule has 0 spiro atoms. The van der Waals surface area contributed by atoms with Crippen LogP contribution in [0.5, 0.6) is 0 Å². The summed E-state index contributed by atoms with van der Waals surface area (Å²) in [5, 5.41) is 15.2. The molecular weight excluding hydrogens is 683 g/mol. The van der Waals surface area contributed by atoms with Gasteiger partial charge >= 0.3 is 0 Å². The molecule has 0 unspecified atom stereocenters. The number of rotatable bonds is 6. The molecule has 5 heteroatoms. The molecule has 10 aromatic rings.